The minimum absolute atomic E-state index is 0.548. The van der Waals surface area contributed by atoms with Crippen molar-refractivity contribution in [3.05, 3.63) is 24.0 Å². The third-order valence-corrected chi connectivity index (χ3v) is 2.98. The summed E-state index contributed by atoms with van der Waals surface area (Å²) in [5, 5.41) is 7.60. The van der Waals surface area contributed by atoms with Gasteiger partial charge in [-0.1, -0.05) is 6.92 Å². The van der Waals surface area contributed by atoms with Crippen molar-refractivity contribution < 1.29 is 0 Å². The quantitative estimate of drug-likeness (QED) is 0.832. The number of anilines is 1. The van der Waals surface area contributed by atoms with Crippen LogP contribution < -0.4 is 5.32 Å². The molecule has 1 unspecified atom stereocenters. The van der Waals surface area contributed by atoms with E-state index in [-0.39, 0.29) is 0 Å². The zero-order chi connectivity index (χ0) is 12.3. The van der Waals surface area contributed by atoms with E-state index in [2.05, 4.69) is 35.3 Å². The lowest BCUT2D eigenvalue weighted by Crippen LogP contribution is -2.14. The fourth-order valence-electron chi connectivity index (χ4n) is 1.75. The smallest absolute Gasteiger partial charge is 0.157 e. The van der Waals surface area contributed by atoms with E-state index in [1.54, 1.807) is 6.33 Å². The van der Waals surface area contributed by atoms with E-state index in [0.29, 0.717) is 11.8 Å². The van der Waals surface area contributed by atoms with Crippen LogP contribution in [0.1, 0.15) is 18.9 Å². The van der Waals surface area contributed by atoms with Gasteiger partial charge in [-0.2, -0.15) is 9.61 Å². The molecule has 0 aromatic carbocycles. The fraction of sp³-hybridized carbons (Fsp3) is 0.500. The maximum atomic E-state index is 5.73. The summed E-state index contributed by atoms with van der Waals surface area (Å²) >= 11 is 5.73. The van der Waals surface area contributed by atoms with Gasteiger partial charge in [0.1, 0.15) is 12.1 Å². The van der Waals surface area contributed by atoms with Gasteiger partial charge in [0.25, 0.3) is 0 Å². The molecule has 0 bridgehead atoms. The van der Waals surface area contributed by atoms with E-state index in [0.717, 1.165) is 24.4 Å². The first-order chi connectivity index (χ1) is 8.20. The second-order valence-electron chi connectivity index (χ2n) is 4.41. The van der Waals surface area contributed by atoms with Gasteiger partial charge in [0.05, 0.1) is 0 Å². The van der Waals surface area contributed by atoms with Crippen molar-refractivity contribution >= 4 is 23.1 Å². The molecule has 4 nitrogen and oxygen atoms in total. The highest BCUT2D eigenvalue weighted by Crippen LogP contribution is 2.14. The number of nitrogens with one attached hydrogen (secondary N) is 1. The summed E-state index contributed by atoms with van der Waals surface area (Å²) in [6, 6.07) is 4.09. The van der Waals surface area contributed by atoms with Gasteiger partial charge in [0, 0.05) is 12.4 Å². The van der Waals surface area contributed by atoms with Crippen molar-refractivity contribution in [1.29, 1.82) is 0 Å². The molecular weight excluding hydrogens is 236 g/mol. The van der Waals surface area contributed by atoms with E-state index >= 15 is 0 Å². The zero-order valence-corrected chi connectivity index (χ0v) is 10.9. The second kappa shape index (κ2) is 5.36. The van der Waals surface area contributed by atoms with Gasteiger partial charge in [-0.3, -0.25) is 0 Å². The molecule has 0 radical (unpaired) electrons. The maximum Gasteiger partial charge on any atom is 0.157 e. The van der Waals surface area contributed by atoms with Crippen LogP contribution in [0.4, 0.5) is 5.82 Å². The van der Waals surface area contributed by atoms with Gasteiger partial charge in [-0.05, 0) is 37.0 Å². The Balaban J connectivity index is 2.14. The van der Waals surface area contributed by atoms with Gasteiger partial charge in [-0.25, -0.2) is 4.98 Å². The van der Waals surface area contributed by atoms with Gasteiger partial charge in [0.2, 0.25) is 0 Å². The van der Waals surface area contributed by atoms with E-state index in [1.807, 2.05) is 10.6 Å². The number of nitrogens with zero attached hydrogens (tertiary/aromatic N) is 3. The normalized spacial score (nSPS) is 12.9. The van der Waals surface area contributed by atoms with Gasteiger partial charge in [0.15, 0.2) is 5.65 Å². The molecule has 0 saturated carbocycles. The van der Waals surface area contributed by atoms with Crippen molar-refractivity contribution in [2.45, 2.75) is 20.3 Å². The molecule has 5 heteroatoms. The third-order valence-electron chi connectivity index (χ3n) is 2.76. The number of aryl methyl sites for hydroxylation is 1. The van der Waals surface area contributed by atoms with Crippen molar-refractivity contribution in [3.63, 3.8) is 0 Å². The molecule has 0 fully saturated rings. The molecule has 2 aromatic heterocycles. The second-order valence-corrected chi connectivity index (χ2v) is 4.79. The summed E-state index contributed by atoms with van der Waals surface area (Å²) in [4.78, 5) is 4.19. The van der Waals surface area contributed by atoms with Crippen LogP contribution in [0.15, 0.2) is 18.5 Å². The molecule has 0 spiro atoms. The van der Waals surface area contributed by atoms with Crippen LogP contribution in [0.2, 0.25) is 0 Å². The minimum Gasteiger partial charge on any atom is -0.370 e. The number of aromatic nitrogens is 3. The van der Waals surface area contributed by atoms with E-state index in [4.69, 9.17) is 11.6 Å². The first-order valence-electron chi connectivity index (χ1n) is 5.81. The Kier molecular flexibility index (Phi) is 3.84. The Labute approximate surface area is 106 Å². The number of halogens is 1. The predicted octanol–water partition coefficient (Wildman–Crippen LogP) is 2.71. The molecule has 1 atom stereocenters. The zero-order valence-electron chi connectivity index (χ0n) is 10.2. The molecule has 0 saturated heterocycles. The SMILES string of the molecule is Cc1cc(NCC(C)CCCl)n2ncnc2c1. The maximum absolute atomic E-state index is 5.73. The summed E-state index contributed by atoms with van der Waals surface area (Å²) in [6.07, 6.45) is 2.59. The molecule has 2 heterocycles. The molecule has 17 heavy (non-hydrogen) atoms. The van der Waals surface area contributed by atoms with Crippen molar-refractivity contribution in [3.8, 4) is 0 Å². The molecule has 2 rings (SSSR count). The van der Waals surface area contributed by atoms with Crippen LogP contribution in [-0.4, -0.2) is 27.0 Å². The number of hydrogen-bond donors (Lipinski definition) is 1. The summed E-state index contributed by atoms with van der Waals surface area (Å²) in [7, 11) is 0. The first kappa shape index (κ1) is 12.2. The molecular formula is C12H17ClN4. The Morgan fingerprint density at radius 1 is 1.47 bits per heavy atom. The number of alkyl halides is 1. The monoisotopic (exact) mass is 252 g/mol. The van der Waals surface area contributed by atoms with Gasteiger partial charge in [-0.15, -0.1) is 11.6 Å². The van der Waals surface area contributed by atoms with Crippen LogP contribution in [0.3, 0.4) is 0 Å². The largest absolute Gasteiger partial charge is 0.370 e. The van der Waals surface area contributed by atoms with Crippen LogP contribution in [0, 0.1) is 12.8 Å². The Bertz CT molecular complexity index is 494. The average Bonchev–Trinajstić information content (AvgIpc) is 2.74. The molecule has 0 aliphatic heterocycles. The fourth-order valence-corrected chi connectivity index (χ4v) is 2.12. The molecule has 2 aromatic rings. The summed E-state index contributed by atoms with van der Waals surface area (Å²) in [5.41, 5.74) is 2.05. The Morgan fingerprint density at radius 2 is 2.29 bits per heavy atom. The van der Waals surface area contributed by atoms with E-state index < -0.39 is 0 Å². The average molecular weight is 253 g/mol. The third kappa shape index (κ3) is 2.88. The van der Waals surface area contributed by atoms with Crippen LogP contribution in [0.25, 0.3) is 5.65 Å². The summed E-state index contributed by atoms with van der Waals surface area (Å²) in [6.45, 7) is 5.14. The van der Waals surface area contributed by atoms with E-state index in [9.17, 15) is 0 Å². The lowest BCUT2D eigenvalue weighted by molar-refractivity contribution is 0.594. The highest BCUT2D eigenvalue weighted by Gasteiger charge is 2.06. The van der Waals surface area contributed by atoms with Gasteiger partial charge >= 0.3 is 0 Å². The van der Waals surface area contributed by atoms with E-state index in [1.165, 1.54) is 5.56 Å². The topological polar surface area (TPSA) is 42.2 Å². The van der Waals surface area contributed by atoms with Crippen molar-refractivity contribution in [1.82, 2.24) is 14.6 Å². The Morgan fingerprint density at radius 3 is 3.06 bits per heavy atom. The number of hydrogen-bond acceptors (Lipinski definition) is 3. The highest BCUT2D eigenvalue weighted by atomic mass is 35.5. The standard InChI is InChI=1S/C12H17ClN4/c1-9(3-4-13)7-14-11-5-10(2)6-12-15-8-16-17(11)12/h5-6,8-9,14H,3-4,7H2,1-2H3. The van der Waals surface area contributed by atoms with Crippen molar-refractivity contribution in [2.24, 2.45) is 5.92 Å². The number of pyridine rings is 1. The van der Waals surface area contributed by atoms with Crippen LogP contribution in [0.5, 0.6) is 0 Å². The number of rotatable bonds is 5. The lowest BCUT2D eigenvalue weighted by Gasteiger charge is -2.13. The minimum atomic E-state index is 0.548. The Hall–Kier alpha value is -1.29. The lowest BCUT2D eigenvalue weighted by atomic mass is 10.1. The summed E-state index contributed by atoms with van der Waals surface area (Å²) < 4.78 is 1.82. The predicted molar refractivity (Wildman–Crippen MR) is 70.7 cm³/mol. The molecule has 0 aliphatic carbocycles. The molecule has 0 aliphatic rings. The number of fused-ring (bicyclic) bond motifs is 1. The molecule has 92 valence electrons. The van der Waals surface area contributed by atoms with Crippen LogP contribution >= 0.6 is 11.6 Å². The summed E-state index contributed by atoms with van der Waals surface area (Å²) in [5.74, 6) is 2.24. The van der Waals surface area contributed by atoms with Crippen LogP contribution in [-0.2, 0) is 0 Å². The van der Waals surface area contributed by atoms with Crippen molar-refractivity contribution in [2.75, 3.05) is 17.7 Å². The molecule has 1 N–H and O–H groups in total. The van der Waals surface area contributed by atoms with Gasteiger partial charge < -0.3 is 5.32 Å². The molecule has 0 amide bonds. The first-order valence-corrected chi connectivity index (χ1v) is 6.34. The highest BCUT2D eigenvalue weighted by molar-refractivity contribution is 6.17.